The molecule has 55 heavy (non-hydrogen) atoms. The predicted octanol–water partition coefficient (Wildman–Crippen LogP) is 9.36. The van der Waals surface area contributed by atoms with E-state index in [-0.39, 0.29) is 12.2 Å². The maximum Gasteiger partial charge on any atom is 0.282 e. The van der Waals surface area contributed by atoms with Crippen molar-refractivity contribution < 1.29 is 22.0 Å². The number of hydrogen-bond donors (Lipinski definition) is 1. The summed E-state index contributed by atoms with van der Waals surface area (Å²) < 4.78 is 44.5. The van der Waals surface area contributed by atoms with Crippen LogP contribution in [0.4, 0.5) is 17.1 Å². The van der Waals surface area contributed by atoms with E-state index in [2.05, 4.69) is 74.4 Å². The van der Waals surface area contributed by atoms with E-state index < -0.39 is 10.1 Å². The molecule has 3 aromatic heterocycles. The Labute approximate surface area is 322 Å². The van der Waals surface area contributed by atoms with Gasteiger partial charge in [-0.1, -0.05) is 48.5 Å². The van der Waals surface area contributed by atoms with Crippen LogP contribution in [-0.4, -0.2) is 39.8 Å². The number of thiazole rings is 1. The molecular weight excluding hydrogens is 729 g/mol. The first kappa shape index (κ1) is 34.7. The van der Waals surface area contributed by atoms with Gasteiger partial charge in [0.05, 0.1) is 40.9 Å². The van der Waals surface area contributed by atoms with Crippen LogP contribution in [0, 0.1) is 0 Å². The molecule has 0 amide bonds. The summed E-state index contributed by atoms with van der Waals surface area (Å²) in [5, 5.41) is 0.984. The van der Waals surface area contributed by atoms with Crippen molar-refractivity contribution in [2.24, 2.45) is 7.05 Å². The van der Waals surface area contributed by atoms with Crippen molar-refractivity contribution in [2.45, 2.75) is 19.9 Å². The van der Waals surface area contributed by atoms with E-state index in [9.17, 15) is 13.0 Å². The number of aryl methyl sites for hydroxylation is 2. The number of imidazole rings is 1. The van der Waals surface area contributed by atoms with Gasteiger partial charge < -0.3 is 9.32 Å². The first-order valence-corrected chi connectivity index (χ1v) is 20.5. The van der Waals surface area contributed by atoms with Gasteiger partial charge >= 0.3 is 0 Å². The van der Waals surface area contributed by atoms with Gasteiger partial charge in [0.15, 0.2) is 16.6 Å². The van der Waals surface area contributed by atoms with Crippen LogP contribution in [0.3, 0.4) is 0 Å². The maximum absolute atomic E-state index is 11.7. The van der Waals surface area contributed by atoms with Crippen LogP contribution < -0.4 is 14.4 Å². The van der Waals surface area contributed by atoms with Gasteiger partial charge in [-0.2, -0.15) is 8.42 Å². The van der Waals surface area contributed by atoms with Crippen molar-refractivity contribution in [3.05, 3.63) is 139 Å². The van der Waals surface area contributed by atoms with Crippen LogP contribution in [0.2, 0.25) is 0 Å². The Morgan fingerprint density at radius 2 is 1.62 bits per heavy atom. The Bertz CT molecular complexity index is 2840. The summed E-state index contributed by atoms with van der Waals surface area (Å²) in [6.07, 6.45) is 6.45. The number of aromatic nitrogens is 4. The molecule has 0 atom stereocenters. The number of benzene rings is 5. The van der Waals surface area contributed by atoms with Crippen molar-refractivity contribution >= 4 is 76.9 Å². The van der Waals surface area contributed by atoms with Gasteiger partial charge in [0.2, 0.25) is 5.89 Å². The molecule has 0 unspecified atom stereocenters. The van der Waals surface area contributed by atoms with Gasteiger partial charge in [-0.25, -0.2) is 19.1 Å². The summed E-state index contributed by atoms with van der Waals surface area (Å²) in [6.45, 7) is 3.25. The van der Waals surface area contributed by atoms with Crippen molar-refractivity contribution in [1.29, 1.82) is 0 Å². The zero-order valence-electron chi connectivity index (χ0n) is 30.2. The topological polar surface area (TPSA) is 109 Å². The van der Waals surface area contributed by atoms with E-state index in [4.69, 9.17) is 14.4 Å². The van der Waals surface area contributed by atoms with E-state index in [0.717, 1.165) is 78.2 Å². The molecule has 1 aliphatic rings. The van der Waals surface area contributed by atoms with Crippen molar-refractivity contribution in [1.82, 2.24) is 14.5 Å². The number of para-hydroxylation sites is 4. The van der Waals surface area contributed by atoms with E-state index in [1.165, 1.54) is 0 Å². The van der Waals surface area contributed by atoms with Crippen LogP contribution in [0.1, 0.15) is 19.2 Å². The number of nitrogens with zero attached hydrogens (tertiary/aromatic N) is 6. The van der Waals surface area contributed by atoms with E-state index in [1.54, 1.807) is 11.3 Å². The molecule has 8 aromatic rings. The SMILES string of the molecule is CCN1/C(=C/C=C/c2n(C)c3ccc(-c4nc5ccccc5o4)cc3[n+]2CCCS(=O)(=O)O)N(c2ccccc2)c2ccc(-c3nc4ccccc4s3)cc21. The van der Waals surface area contributed by atoms with Gasteiger partial charge in [0.25, 0.3) is 15.9 Å². The molecule has 12 heteroatoms. The van der Waals surface area contributed by atoms with Gasteiger partial charge in [0.1, 0.15) is 16.3 Å². The summed E-state index contributed by atoms with van der Waals surface area (Å²) in [6, 6.07) is 38.8. The number of hydrogen-bond acceptors (Lipinski definition) is 8. The molecule has 0 bridgehead atoms. The summed E-state index contributed by atoms with van der Waals surface area (Å²) in [4.78, 5) is 14.2. The predicted molar refractivity (Wildman–Crippen MR) is 221 cm³/mol. The maximum atomic E-state index is 11.7. The zero-order chi connectivity index (χ0) is 37.7. The lowest BCUT2D eigenvalue weighted by Gasteiger charge is -2.24. The first-order valence-electron chi connectivity index (χ1n) is 18.1. The average molecular weight is 766 g/mol. The fourth-order valence-electron chi connectivity index (χ4n) is 7.41. The Hall–Kier alpha value is -6.08. The normalized spacial score (nSPS) is 14.1. The highest BCUT2D eigenvalue weighted by molar-refractivity contribution is 7.85. The molecule has 274 valence electrons. The van der Waals surface area contributed by atoms with Crippen molar-refractivity contribution in [3.63, 3.8) is 0 Å². The molecule has 1 aliphatic heterocycles. The van der Waals surface area contributed by atoms with Crippen LogP contribution in [0.15, 0.2) is 138 Å². The first-order chi connectivity index (χ1) is 26.8. The lowest BCUT2D eigenvalue weighted by Crippen LogP contribution is -2.37. The Morgan fingerprint density at radius 3 is 2.40 bits per heavy atom. The second-order valence-electron chi connectivity index (χ2n) is 13.4. The fraction of sp³-hybridized carbons (Fsp3) is 0.140. The van der Waals surface area contributed by atoms with Gasteiger partial charge in [-0.05, 0) is 79.7 Å². The lowest BCUT2D eigenvalue weighted by atomic mass is 10.1. The second-order valence-corrected chi connectivity index (χ2v) is 16.0. The van der Waals surface area contributed by atoms with Crippen LogP contribution >= 0.6 is 11.3 Å². The van der Waals surface area contributed by atoms with Gasteiger partial charge in [0, 0.05) is 41.9 Å². The van der Waals surface area contributed by atoms with Gasteiger partial charge in [-0.3, -0.25) is 9.45 Å². The molecule has 5 aromatic carbocycles. The standard InChI is InChI=1S/C43H36N6O4S2/c1-3-47-37-28-30(43-45-33-16-8-10-18-39(33)54-43)22-24-35(37)49(31-13-5-4-6-14-31)41(47)20-11-19-40-46(2)34-23-21-29(42-44-32-15-7-9-17-38(32)53-42)27-36(34)48(40)25-12-26-55(50,51)52/h4-11,13-24,27-28H,3,12,25-26H2,1-2H3/p+1. The average Bonchev–Trinajstić information content (AvgIpc) is 3.96. The third kappa shape index (κ3) is 6.48. The molecule has 0 saturated heterocycles. The molecule has 1 N–H and O–H groups in total. The lowest BCUT2D eigenvalue weighted by molar-refractivity contribution is -0.673. The minimum atomic E-state index is -4.13. The quantitative estimate of drug-likeness (QED) is 0.108. The molecule has 0 fully saturated rings. The van der Waals surface area contributed by atoms with Crippen molar-refractivity contribution in [3.8, 4) is 22.0 Å². The molecule has 0 saturated carbocycles. The summed E-state index contributed by atoms with van der Waals surface area (Å²) in [5.41, 5.74) is 9.42. The van der Waals surface area contributed by atoms with Gasteiger partial charge in [-0.15, -0.1) is 11.3 Å². The monoisotopic (exact) mass is 765 g/mol. The number of fused-ring (bicyclic) bond motifs is 4. The van der Waals surface area contributed by atoms with Crippen LogP contribution in [-0.2, 0) is 23.7 Å². The van der Waals surface area contributed by atoms with Crippen LogP contribution in [0.5, 0.6) is 0 Å². The third-order valence-corrected chi connectivity index (χ3v) is 11.8. The number of oxazole rings is 1. The molecule has 0 radical (unpaired) electrons. The second kappa shape index (κ2) is 14.0. The zero-order valence-corrected chi connectivity index (χ0v) is 31.8. The summed E-state index contributed by atoms with van der Waals surface area (Å²) in [7, 11) is -2.13. The van der Waals surface area contributed by atoms with E-state index >= 15 is 0 Å². The fourth-order valence-corrected chi connectivity index (χ4v) is 8.87. The third-order valence-electron chi connectivity index (χ3n) is 9.95. The number of anilines is 3. The minimum Gasteiger partial charge on any atom is -0.436 e. The Morgan fingerprint density at radius 1 is 0.855 bits per heavy atom. The number of rotatable bonds is 10. The Kier molecular flexibility index (Phi) is 8.80. The largest absolute Gasteiger partial charge is 0.436 e. The Balaban J connectivity index is 1.13. The highest BCUT2D eigenvalue weighted by atomic mass is 32.2. The molecule has 10 nitrogen and oxygen atoms in total. The minimum absolute atomic E-state index is 0.232. The number of allylic oxidation sites excluding steroid dienone is 2. The summed E-state index contributed by atoms with van der Waals surface area (Å²) >= 11 is 1.70. The van der Waals surface area contributed by atoms with E-state index in [0.29, 0.717) is 18.0 Å². The molecule has 9 rings (SSSR count). The van der Waals surface area contributed by atoms with Crippen molar-refractivity contribution in [2.75, 3.05) is 22.1 Å². The highest BCUT2D eigenvalue weighted by Gasteiger charge is 2.32. The molecular formula is C43H37N6O4S2+. The van der Waals surface area contributed by atoms with Crippen LogP contribution in [0.25, 0.3) is 60.5 Å². The van der Waals surface area contributed by atoms with E-state index in [1.807, 2.05) is 92.0 Å². The summed E-state index contributed by atoms with van der Waals surface area (Å²) in [5.74, 6) is 2.02. The highest BCUT2D eigenvalue weighted by Crippen LogP contribution is 2.48. The molecule has 0 spiro atoms. The molecule has 0 aliphatic carbocycles. The molecule has 4 heterocycles. The smallest absolute Gasteiger partial charge is 0.282 e.